The molecule has 0 amide bonds. The van der Waals surface area contributed by atoms with Crippen LogP contribution in [0.1, 0.15) is 37.4 Å². The largest absolute Gasteiger partial charge is 0.497 e. The Hall–Kier alpha value is -1.87. The summed E-state index contributed by atoms with van der Waals surface area (Å²) in [4.78, 5) is 4.17. The average molecular weight is 284 g/mol. The van der Waals surface area contributed by atoms with Crippen molar-refractivity contribution in [3.05, 3.63) is 59.9 Å². The van der Waals surface area contributed by atoms with E-state index in [1.54, 1.807) is 7.11 Å². The van der Waals surface area contributed by atoms with Crippen LogP contribution in [0.15, 0.2) is 48.8 Å². The molecular weight excluding hydrogens is 260 g/mol. The van der Waals surface area contributed by atoms with E-state index in [9.17, 15) is 0 Å². The van der Waals surface area contributed by atoms with Gasteiger partial charge in [0.05, 0.1) is 7.11 Å². The Labute approximate surface area is 127 Å². The third kappa shape index (κ3) is 4.87. The molecule has 1 heterocycles. The van der Waals surface area contributed by atoms with Crippen LogP contribution in [0, 0.1) is 0 Å². The molecule has 0 spiro atoms. The second-order valence-electron chi connectivity index (χ2n) is 5.46. The number of pyridine rings is 1. The molecule has 2 rings (SSSR count). The monoisotopic (exact) mass is 284 g/mol. The molecule has 0 aliphatic carbocycles. The van der Waals surface area contributed by atoms with Crippen LogP contribution >= 0.6 is 0 Å². The maximum atomic E-state index is 5.18. The second kappa shape index (κ2) is 7.79. The first-order valence-electron chi connectivity index (χ1n) is 7.48. The molecule has 21 heavy (non-hydrogen) atoms. The number of hydrogen-bond acceptors (Lipinski definition) is 3. The lowest BCUT2D eigenvalue weighted by Crippen LogP contribution is -2.29. The van der Waals surface area contributed by atoms with Crippen molar-refractivity contribution >= 4 is 0 Å². The minimum absolute atomic E-state index is 0.324. The summed E-state index contributed by atoms with van der Waals surface area (Å²) in [5.41, 5.74) is 2.58. The Morgan fingerprint density at radius 2 is 1.90 bits per heavy atom. The second-order valence-corrected chi connectivity index (χ2v) is 5.46. The number of nitrogens with zero attached hydrogens (tertiary/aromatic N) is 1. The Morgan fingerprint density at radius 3 is 2.52 bits per heavy atom. The van der Waals surface area contributed by atoms with Crippen molar-refractivity contribution in [3.8, 4) is 5.75 Å². The highest BCUT2D eigenvalue weighted by molar-refractivity contribution is 5.27. The number of hydrogen-bond donors (Lipinski definition) is 1. The van der Waals surface area contributed by atoms with Gasteiger partial charge in [0.15, 0.2) is 0 Å². The molecule has 0 fully saturated rings. The van der Waals surface area contributed by atoms with E-state index >= 15 is 0 Å². The molecule has 2 atom stereocenters. The van der Waals surface area contributed by atoms with Gasteiger partial charge in [-0.2, -0.15) is 0 Å². The fourth-order valence-corrected chi connectivity index (χ4v) is 2.41. The number of methoxy groups -OCH3 is 1. The Kier molecular flexibility index (Phi) is 5.76. The predicted octanol–water partition coefficient (Wildman–Crippen LogP) is 3.76. The van der Waals surface area contributed by atoms with Crippen molar-refractivity contribution in [2.24, 2.45) is 0 Å². The summed E-state index contributed by atoms with van der Waals surface area (Å²) >= 11 is 0. The fraction of sp³-hybridized carbons (Fsp3) is 0.389. The molecule has 1 aromatic heterocycles. The smallest absolute Gasteiger partial charge is 0.118 e. The molecule has 1 unspecified atom stereocenters. The van der Waals surface area contributed by atoms with Gasteiger partial charge in [0.25, 0.3) is 0 Å². The van der Waals surface area contributed by atoms with Gasteiger partial charge >= 0.3 is 0 Å². The first-order chi connectivity index (χ1) is 10.2. The van der Waals surface area contributed by atoms with Gasteiger partial charge in [-0.1, -0.05) is 18.2 Å². The highest BCUT2D eigenvalue weighted by atomic mass is 16.5. The van der Waals surface area contributed by atoms with Crippen LogP contribution < -0.4 is 10.1 Å². The number of aromatic nitrogens is 1. The van der Waals surface area contributed by atoms with E-state index in [0.29, 0.717) is 12.1 Å². The molecule has 0 radical (unpaired) electrons. The van der Waals surface area contributed by atoms with Crippen molar-refractivity contribution in [1.82, 2.24) is 10.3 Å². The van der Waals surface area contributed by atoms with Crippen LogP contribution in [0.5, 0.6) is 5.75 Å². The molecule has 0 aliphatic rings. The van der Waals surface area contributed by atoms with E-state index in [1.807, 2.05) is 30.6 Å². The van der Waals surface area contributed by atoms with Gasteiger partial charge in [-0.3, -0.25) is 4.98 Å². The van der Waals surface area contributed by atoms with Crippen molar-refractivity contribution in [2.45, 2.75) is 38.8 Å². The molecule has 112 valence electrons. The van der Waals surface area contributed by atoms with Crippen LogP contribution in [0.25, 0.3) is 0 Å². The van der Waals surface area contributed by atoms with E-state index in [2.05, 4.69) is 42.3 Å². The van der Waals surface area contributed by atoms with Crippen molar-refractivity contribution in [2.75, 3.05) is 7.11 Å². The zero-order chi connectivity index (χ0) is 15.1. The molecule has 3 heteroatoms. The van der Waals surface area contributed by atoms with E-state index in [4.69, 9.17) is 4.74 Å². The first-order valence-corrected chi connectivity index (χ1v) is 7.48. The number of ether oxygens (including phenoxy) is 1. The summed E-state index contributed by atoms with van der Waals surface area (Å²) < 4.78 is 5.18. The molecule has 0 saturated heterocycles. The molecule has 1 N–H and O–H groups in total. The summed E-state index contributed by atoms with van der Waals surface area (Å²) in [7, 11) is 1.70. The fourth-order valence-electron chi connectivity index (χ4n) is 2.41. The van der Waals surface area contributed by atoms with Crippen LogP contribution in [0.2, 0.25) is 0 Å². The summed E-state index contributed by atoms with van der Waals surface area (Å²) in [6.45, 7) is 4.41. The topological polar surface area (TPSA) is 34.1 Å². The number of aryl methyl sites for hydroxylation is 1. The van der Waals surface area contributed by atoms with Crippen LogP contribution in [0.4, 0.5) is 0 Å². The lowest BCUT2D eigenvalue weighted by atomic mass is 10.0. The normalized spacial score (nSPS) is 13.7. The van der Waals surface area contributed by atoms with E-state index in [0.717, 1.165) is 18.6 Å². The van der Waals surface area contributed by atoms with Crippen molar-refractivity contribution in [3.63, 3.8) is 0 Å². The van der Waals surface area contributed by atoms with Crippen LogP contribution in [-0.2, 0) is 6.42 Å². The Morgan fingerprint density at radius 1 is 1.14 bits per heavy atom. The standard InChI is InChI=1S/C18H24N2O/c1-14(20-15(2)17-5-4-12-19-13-17)6-7-16-8-10-18(21-3)11-9-16/h4-5,8-15,20H,6-7H2,1-3H3/t14?,15-/m1/s1. The SMILES string of the molecule is COc1ccc(CCC(C)N[C@H](C)c2cccnc2)cc1. The van der Waals surface area contributed by atoms with Gasteiger partial charge in [-0.05, 0) is 56.0 Å². The molecule has 1 aromatic carbocycles. The van der Waals surface area contributed by atoms with Crippen LogP contribution in [0.3, 0.4) is 0 Å². The number of nitrogens with one attached hydrogen (secondary N) is 1. The van der Waals surface area contributed by atoms with Crippen molar-refractivity contribution in [1.29, 1.82) is 0 Å². The predicted molar refractivity (Wildman–Crippen MR) is 86.6 cm³/mol. The maximum Gasteiger partial charge on any atom is 0.118 e. The third-order valence-electron chi connectivity index (χ3n) is 3.74. The molecule has 0 saturated carbocycles. The zero-order valence-electron chi connectivity index (χ0n) is 13.0. The number of rotatable bonds is 7. The average Bonchev–Trinajstić information content (AvgIpc) is 2.54. The zero-order valence-corrected chi connectivity index (χ0v) is 13.0. The summed E-state index contributed by atoms with van der Waals surface area (Å²) in [5.74, 6) is 0.912. The number of benzene rings is 1. The molecular formula is C18H24N2O. The summed E-state index contributed by atoms with van der Waals surface area (Å²) in [6.07, 6.45) is 5.91. The van der Waals surface area contributed by atoms with Crippen LogP contribution in [-0.4, -0.2) is 18.1 Å². The van der Waals surface area contributed by atoms with E-state index in [-0.39, 0.29) is 0 Å². The lowest BCUT2D eigenvalue weighted by Gasteiger charge is -2.20. The molecule has 2 aromatic rings. The molecule has 0 aliphatic heterocycles. The highest BCUT2D eigenvalue weighted by Gasteiger charge is 2.09. The molecule has 0 bridgehead atoms. The minimum Gasteiger partial charge on any atom is -0.497 e. The third-order valence-corrected chi connectivity index (χ3v) is 3.74. The van der Waals surface area contributed by atoms with Gasteiger partial charge in [0.1, 0.15) is 5.75 Å². The van der Waals surface area contributed by atoms with Gasteiger partial charge < -0.3 is 10.1 Å². The van der Waals surface area contributed by atoms with Crippen molar-refractivity contribution < 1.29 is 4.74 Å². The highest BCUT2D eigenvalue weighted by Crippen LogP contribution is 2.15. The quantitative estimate of drug-likeness (QED) is 0.840. The Balaban J connectivity index is 1.80. The van der Waals surface area contributed by atoms with Gasteiger partial charge in [-0.15, -0.1) is 0 Å². The maximum absolute atomic E-state index is 5.18. The summed E-state index contributed by atoms with van der Waals surface area (Å²) in [6, 6.07) is 13.2. The Bertz CT molecular complexity index is 525. The van der Waals surface area contributed by atoms with Gasteiger partial charge in [-0.25, -0.2) is 0 Å². The minimum atomic E-state index is 0.324. The van der Waals surface area contributed by atoms with E-state index < -0.39 is 0 Å². The lowest BCUT2D eigenvalue weighted by molar-refractivity contribution is 0.414. The van der Waals surface area contributed by atoms with E-state index in [1.165, 1.54) is 11.1 Å². The summed E-state index contributed by atoms with van der Waals surface area (Å²) in [5, 5.41) is 3.62. The van der Waals surface area contributed by atoms with Gasteiger partial charge in [0.2, 0.25) is 0 Å². The first kappa shape index (κ1) is 15.5. The van der Waals surface area contributed by atoms with Gasteiger partial charge in [0, 0.05) is 24.5 Å². The molecule has 3 nitrogen and oxygen atoms in total.